The second-order valence-electron chi connectivity index (χ2n) is 4.89. The summed E-state index contributed by atoms with van der Waals surface area (Å²) in [5.41, 5.74) is 7.91. The van der Waals surface area contributed by atoms with E-state index < -0.39 is 0 Å². The lowest BCUT2D eigenvalue weighted by atomic mass is 10.2. The minimum atomic E-state index is -0.0626. The van der Waals surface area contributed by atoms with E-state index in [1.807, 2.05) is 24.4 Å². The first-order valence-electron chi connectivity index (χ1n) is 6.62. The number of aromatic nitrogens is 2. The van der Waals surface area contributed by atoms with Gasteiger partial charge in [-0.1, -0.05) is 0 Å². The molecule has 0 atom stereocenters. The van der Waals surface area contributed by atoms with Crippen molar-refractivity contribution in [2.75, 3.05) is 5.73 Å². The topological polar surface area (TPSA) is 76.7 Å². The average Bonchev–Trinajstić information content (AvgIpc) is 2.90. The zero-order chi connectivity index (χ0) is 14.8. The standard InChI is InChI=1S/C16H14N4O/c17-10-12-1-3-15-13(9-12)5-6-19(15)7-8-20-11-14(18)2-4-16(20)21/h1-6,9,11H,7-8,18H2. The molecule has 2 N–H and O–H groups in total. The van der Waals surface area contributed by atoms with Crippen LogP contribution < -0.4 is 11.3 Å². The van der Waals surface area contributed by atoms with E-state index in [1.54, 1.807) is 22.9 Å². The number of aryl methyl sites for hydroxylation is 2. The molecular formula is C16H14N4O. The van der Waals surface area contributed by atoms with Gasteiger partial charge in [-0.3, -0.25) is 4.79 Å². The van der Waals surface area contributed by atoms with E-state index in [-0.39, 0.29) is 5.56 Å². The summed E-state index contributed by atoms with van der Waals surface area (Å²) in [4.78, 5) is 11.7. The minimum absolute atomic E-state index is 0.0626. The molecule has 2 aromatic heterocycles. The largest absolute Gasteiger partial charge is 0.398 e. The first kappa shape index (κ1) is 13.0. The third-order valence-electron chi connectivity index (χ3n) is 3.49. The fourth-order valence-corrected chi connectivity index (χ4v) is 2.40. The lowest BCUT2D eigenvalue weighted by Gasteiger charge is -2.08. The number of pyridine rings is 1. The normalized spacial score (nSPS) is 10.6. The number of nitrogens with zero attached hydrogens (tertiary/aromatic N) is 3. The first-order chi connectivity index (χ1) is 10.2. The van der Waals surface area contributed by atoms with Gasteiger partial charge in [-0.15, -0.1) is 0 Å². The Morgan fingerprint density at radius 1 is 1.10 bits per heavy atom. The number of fused-ring (bicyclic) bond motifs is 1. The van der Waals surface area contributed by atoms with Crippen LogP contribution in [-0.2, 0) is 13.1 Å². The van der Waals surface area contributed by atoms with Crippen LogP contribution in [0.1, 0.15) is 5.56 Å². The number of nitriles is 1. The van der Waals surface area contributed by atoms with Gasteiger partial charge < -0.3 is 14.9 Å². The van der Waals surface area contributed by atoms with E-state index in [0.717, 1.165) is 10.9 Å². The van der Waals surface area contributed by atoms with Gasteiger partial charge in [0.05, 0.1) is 11.6 Å². The van der Waals surface area contributed by atoms with Crippen molar-refractivity contribution < 1.29 is 0 Å². The fraction of sp³-hybridized carbons (Fsp3) is 0.125. The highest BCUT2D eigenvalue weighted by atomic mass is 16.1. The lowest BCUT2D eigenvalue weighted by molar-refractivity contribution is 0.578. The Morgan fingerprint density at radius 3 is 2.71 bits per heavy atom. The number of benzene rings is 1. The number of hydrogen-bond acceptors (Lipinski definition) is 3. The van der Waals surface area contributed by atoms with Crippen LogP contribution >= 0.6 is 0 Å². The van der Waals surface area contributed by atoms with Crippen molar-refractivity contribution in [3.8, 4) is 6.07 Å². The maximum Gasteiger partial charge on any atom is 0.250 e. The number of anilines is 1. The smallest absolute Gasteiger partial charge is 0.250 e. The number of hydrogen-bond donors (Lipinski definition) is 1. The summed E-state index contributed by atoms with van der Waals surface area (Å²) in [5, 5.41) is 9.93. The second-order valence-corrected chi connectivity index (χ2v) is 4.89. The molecule has 3 rings (SSSR count). The SMILES string of the molecule is N#Cc1ccc2c(ccn2CCn2cc(N)ccc2=O)c1. The Bertz CT molecular complexity index is 899. The van der Waals surface area contributed by atoms with Gasteiger partial charge in [0, 0.05) is 48.1 Å². The number of nitrogen functional groups attached to an aromatic ring is 1. The molecule has 0 saturated heterocycles. The van der Waals surface area contributed by atoms with Gasteiger partial charge in [0.1, 0.15) is 0 Å². The fourth-order valence-electron chi connectivity index (χ4n) is 2.40. The van der Waals surface area contributed by atoms with E-state index >= 15 is 0 Å². The summed E-state index contributed by atoms with van der Waals surface area (Å²) in [7, 11) is 0. The zero-order valence-electron chi connectivity index (χ0n) is 11.4. The summed E-state index contributed by atoms with van der Waals surface area (Å²) >= 11 is 0. The summed E-state index contributed by atoms with van der Waals surface area (Å²) in [6.45, 7) is 1.21. The molecule has 5 heteroatoms. The van der Waals surface area contributed by atoms with Gasteiger partial charge in [0.15, 0.2) is 0 Å². The van der Waals surface area contributed by atoms with E-state index in [9.17, 15) is 4.79 Å². The van der Waals surface area contributed by atoms with Crippen LogP contribution in [0.2, 0.25) is 0 Å². The predicted octanol–water partition coefficient (Wildman–Crippen LogP) is 1.96. The Balaban J connectivity index is 1.87. The monoisotopic (exact) mass is 278 g/mol. The van der Waals surface area contributed by atoms with Gasteiger partial charge in [0.25, 0.3) is 5.56 Å². The molecule has 0 bridgehead atoms. The van der Waals surface area contributed by atoms with Crippen molar-refractivity contribution in [3.63, 3.8) is 0 Å². The van der Waals surface area contributed by atoms with Crippen molar-refractivity contribution >= 4 is 16.6 Å². The maximum absolute atomic E-state index is 11.7. The Labute approximate surface area is 121 Å². The van der Waals surface area contributed by atoms with Crippen LogP contribution in [0.4, 0.5) is 5.69 Å². The molecule has 0 amide bonds. The van der Waals surface area contributed by atoms with Gasteiger partial charge in [-0.2, -0.15) is 5.26 Å². The molecule has 1 aromatic carbocycles. The third kappa shape index (κ3) is 2.51. The summed E-state index contributed by atoms with van der Waals surface area (Å²) < 4.78 is 3.66. The molecule has 0 unspecified atom stereocenters. The molecule has 0 aliphatic heterocycles. The molecule has 2 heterocycles. The quantitative estimate of drug-likeness (QED) is 0.795. The molecule has 0 aliphatic carbocycles. The van der Waals surface area contributed by atoms with Crippen LogP contribution in [0.3, 0.4) is 0 Å². The van der Waals surface area contributed by atoms with E-state index in [1.165, 1.54) is 6.07 Å². The molecule has 0 aliphatic rings. The van der Waals surface area contributed by atoms with Crippen molar-refractivity contribution in [2.45, 2.75) is 13.1 Å². The highest BCUT2D eigenvalue weighted by molar-refractivity contribution is 5.81. The number of nitrogens with two attached hydrogens (primary N) is 1. The Hall–Kier alpha value is -3.00. The van der Waals surface area contributed by atoms with Crippen molar-refractivity contribution in [1.82, 2.24) is 9.13 Å². The van der Waals surface area contributed by atoms with Crippen LogP contribution in [-0.4, -0.2) is 9.13 Å². The molecular weight excluding hydrogens is 264 g/mol. The van der Waals surface area contributed by atoms with Crippen molar-refractivity contribution in [1.29, 1.82) is 5.26 Å². The average molecular weight is 278 g/mol. The molecule has 0 spiro atoms. The van der Waals surface area contributed by atoms with E-state index in [0.29, 0.717) is 24.3 Å². The van der Waals surface area contributed by atoms with E-state index in [4.69, 9.17) is 11.0 Å². The molecule has 21 heavy (non-hydrogen) atoms. The van der Waals surface area contributed by atoms with E-state index in [2.05, 4.69) is 10.6 Å². The highest BCUT2D eigenvalue weighted by Gasteiger charge is 2.03. The molecule has 3 aromatic rings. The van der Waals surface area contributed by atoms with Crippen LogP contribution in [0.15, 0.2) is 53.6 Å². The zero-order valence-corrected chi connectivity index (χ0v) is 11.4. The predicted molar refractivity (Wildman–Crippen MR) is 81.8 cm³/mol. The third-order valence-corrected chi connectivity index (χ3v) is 3.49. The summed E-state index contributed by atoms with van der Waals surface area (Å²) in [5.74, 6) is 0. The number of rotatable bonds is 3. The van der Waals surface area contributed by atoms with Crippen molar-refractivity contribution in [3.05, 3.63) is 64.7 Å². The molecule has 0 saturated carbocycles. The molecule has 104 valence electrons. The molecule has 5 nitrogen and oxygen atoms in total. The van der Waals surface area contributed by atoms with Gasteiger partial charge in [-0.25, -0.2) is 0 Å². The highest BCUT2D eigenvalue weighted by Crippen LogP contribution is 2.17. The van der Waals surface area contributed by atoms with Crippen LogP contribution in [0.5, 0.6) is 0 Å². The van der Waals surface area contributed by atoms with Crippen LogP contribution in [0.25, 0.3) is 10.9 Å². The molecule has 0 fully saturated rings. The summed E-state index contributed by atoms with van der Waals surface area (Å²) in [6, 6.07) is 12.8. The lowest BCUT2D eigenvalue weighted by Crippen LogP contribution is -2.21. The summed E-state index contributed by atoms with van der Waals surface area (Å²) in [6.07, 6.45) is 3.62. The van der Waals surface area contributed by atoms with Crippen molar-refractivity contribution in [2.24, 2.45) is 0 Å². The van der Waals surface area contributed by atoms with Crippen LogP contribution in [0, 0.1) is 11.3 Å². The van der Waals surface area contributed by atoms with Gasteiger partial charge >= 0.3 is 0 Å². The molecule has 0 radical (unpaired) electrons. The van der Waals surface area contributed by atoms with Gasteiger partial charge in [-0.05, 0) is 30.3 Å². The maximum atomic E-state index is 11.7. The second kappa shape index (κ2) is 5.17. The van der Waals surface area contributed by atoms with Gasteiger partial charge in [0.2, 0.25) is 0 Å². The Morgan fingerprint density at radius 2 is 1.90 bits per heavy atom. The first-order valence-corrected chi connectivity index (χ1v) is 6.62. The Kier molecular flexibility index (Phi) is 3.20. The minimum Gasteiger partial charge on any atom is -0.398 e.